The molecule has 19 heavy (non-hydrogen) atoms. The van der Waals surface area contributed by atoms with Gasteiger partial charge in [-0.15, -0.1) is 0 Å². The van der Waals surface area contributed by atoms with Gasteiger partial charge in [0.2, 0.25) is 0 Å². The van der Waals surface area contributed by atoms with Gasteiger partial charge in [0.1, 0.15) is 17.3 Å². The number of hydrogen-bond donors (Lipinski definition) is 1. The van der Waals surface area contributed by atoms with Crippen LogP contribution in [0.1, 0.15) is 31.1 Å². The van der Waals surface area contributed by atoms with Crippen LogP contribution in [0.4, 0.5) is 4.39 Å². The number of aryl methyl sites for hydroxylation is 1. The lowest BCUT2D eigenvalue weighted by molar-refractivity contribution is 0.190. The zero-order valence-electron chi connectivity index (χ0n) is 11.1. The third kappa shape index (κ3) is 3.12. The molecule has 0 aliphatic rings. The third-order valence-electron chi connectivity index (χ3n) is 2.97. The van der Waals surface area contributed by atoms with Crippen LogP contribution in [0.15, 0.2) is 42.5 Å². The van der Waals surface area contributed by atoms with Crippen molar-refractivity contribution in [1.29, 1.82) is 0 Å². The lowest BCUT2D eigenvalue weighted by Gasteiger charge is -2.14. The molecule has 0 saturated heterocycles. The molecule has 1 atom stereocenters. The number of aliphatic hydroxyl groups excluding tert-OH is 1. The van der Waals surface area contributed by atoms with E-state index in [0.717, 1.165) is 12.0 Å². The summed E-state index contributed by atoms with van der Waals surface area (Å²) in [5.41, 5.74) is 1.33. The second-order valence-electron chi connectivity index (χ2n) is 4.43. The van der Waals surface area contributed by atoms with Gasteiger partial charge in [0.05, 0.1) is 11.7 Å². The first-order valence-electron chi connectivity index (χ1n) is 6.35. The summed E-state index contributed by atoms with van der Waals surface area (Å²) in [7, 11) is 0. The largest absolute Gasteiger partial charge is 0.457 e. The smallest absolute Gasteiger partial charge is 0.136 e. The number of aliphatic hydroxyl groups is 1. The zero-order chi connectivity index (χ0) is 13.8. The quantitative estimate of drug-likeness (QED) is 0.891. The molecule has 0 bridgehead atoms. The van der Waals surface area contributed by atoms with E-state index in [1.54, 1.807) is 12.1 Å². The Morgan fingerprint density at radius 1 is 1.21 bits per heavy atom. The number of rotatable bonds is 4. The number of halogens is 1. The van der Waals surface area contributed by atoms with Gasteiger partial charge in [-0.2, -0.15) is 0 Å². The minimum absolute atomic E-state index is 0.185. The maximum absolute atomic E-state index is 13.7. The van der Waals surface area contributed by atoms with E-state index in [9.17, 15) is 9.50 Å². The normalized spacial score (nSPS) is 12.2. The fourth-order valence-corrected chi connectivity index (χ4v) is 1.97. The molecule has 0 fully saturated rings. The second kappa shape index (κ2) is 5.85. The molecule has 0 aromatic heterocycles. The summed E-state index contributed by atoms with van der Waals surface area (Å²) in [5.74, 6) is 0.536. The Bertz CT molecular complexity index is 564. The predicted octanol–water partition coefficient (Wildman–Crippen LogP) is 4.23. The first-order chi connectivity index (χ1) is 9.11. The van der Waals surface area contributed by atoms with Crippen molar-refractivity contribution in [1.82, 2.24) is 0 Å². The molecule has 0 unspecified atom stereocenters. The van der Waals surface area contributed by atoms with Crippen molar-refractivity contribution in [3.8, 4) is 11.5 Å². The molecule has 0 aliphatic carbocycles. The van der Waals surface area contributed by atoms with E-state index in [4.69, 9.17) is 4.74 Å². The van der Waals surface area contributed by atoms with Crippen molar-refractivity contribution in [2.24, 2.45) is 0 Å². The maximum atomic E-state index is 13.7. The van der Waals surface area contributed by atoms with Crippen LogP contribution < -0.4 is 4.74 Å². The minimum Gasteiger partial charge on any atom is -0.457 e. The van der Waals surface area contributed by atoms with Gasteiger partial charge in [-0.05, 0) is 43.2 Å². The Morgan fingerprint density at radius 2 is 1.95 bits per heavy atom. The molecule has 0 saturated carbocycles. The first-order valence-corrected chi connectivity index (χ1v) is 6.35. The predicted molar refractivity (Wildman–Crippen MR) is 72.9 cm³/mol. The molecule has 1 N–H and O–H groups in total. The molecule has 0 aliphatic heterocycles. The molecule has 0 amide bonds. The zero-order valence-corrected chi connectivity index (χ0v) is 11.1. The fourth-order valence-electron chi connectivity index (χ4n) is 1.97. The highest BCUT2D eigenvalue weighted by Crippen LogP contribution is 2.31. The Balaban J connectivity index is 2.35. The third-order valence-corrected chi connectivity index (χ3v) is 2.97. The summed E-state index contributed by atoms with van der Waals surface area (Å²) in [6.45, 7) is 3.58. The van der Waals surface area contributed by atoms with Gasteiger partial charge >= 0.3 is 0 Å². The molecule has 2 nitrogen and oxygen atoms in total. The average Bonchev–Trinajstić information content (AvgIpc) is 2.38. The standard InChI is InChI=1S/C16H17FO2/c1-3-12-6-4-7-13(10-12)19-15-9-5-8-14(17)16(15)11(2)18/h4-11,18H,3H2,1-2H3/t11-/m0/s1. The molecule has 2 rings (SSSR count). The molecule has 0 spiro atoms. The summed E-state index contributed by atoms with van der Waals surface area (Å²) in [4.78, 5) is 0. The van der Waals surface area contributed by atoms with E-state index < -0.39 is 11.9 Å². The number of benzene rings is 2. The average molecular weight is 260 g/mol. The van der Waals surface area contributed by atoms with Gasteiger partial charge in [-0.3, -0.25) is 0 Å². The van der Waals surface area contributed by atoms with Crippen molar-refractivity contribution in [2.45, 2.75) is 26.4 Å². The van der Waals surface area contributed by atoms with Gasteiger partial charge in [-0.25, -0.2) is 4.39 Å². The van der Waals surface area contributed by atoms with E-state index in [-0.39, 0.29) is 5.56 Å². The van der Waals surface area contributed by atoms with Crippen LogP contribution in [-0.2, 0) is 6.42 Å². The molecular formula is C16H17FO2. The highest BCUT2D eigenvalue weighted by molar-refractivity contribution is 5.40. The molecule has 2 aromatic carbocycles. The summed E-state index contributed by atoms with van der Waals surface area (Å²) in [6, 6.07) is 12.2. The summed E-state index contributed by atoms with van der Waals surface area (Å²) >= 11 is 0. The van der Waals surface area contributed by atoms with Crippen LogP contribution >= 0.6 is 0 Å². The van der Waals surface area contributed by atoms with Crippen molar-refractivity contribution >= 4 is 0 Å². The first kappa shape index (κ1) is 13.6. The van der Waals surface area contributed by atoms with Crippen LogP contribution in [0.25, 0.3) is 0 Å². The lowest BCUT2D eigenvalue weighted by atomic mass is 10.1. The Labute approximate surface area is 112 Å². The molecule has 0 heterocycles. The molecule has 2 aromatic rings. The van der Waals surface area contributed by atoms with Crippen LogP contribution in [0.3, 0.4) is 0 Å². The van der Waals surface area contributed by atoms with Gasteiger partial charge in [0, 0.05) is 0 Å². The van der Waals surface area contributed by atoms with Gasteiger partial charge in [0.15, 0.2) is 0 Å². The van der Waals surface area contributed by atoms with E-state index in [0.29, 0.717) is 11.5 Å². The molecule has 3 heteroatoms. The van der Waals surface area contributed by atoms with Gasteiger partial charge < -0.3 is 9.84 Å². The van der Waals surface area contributed by atoms with Gasteiger partial charge in [-0.1, -0.05) is 25.1 Å². The second-order valence-corrected chi connectivity index (χ2v) is 4.43. The Kier molecular flexibility index (Phi) is 4.17. The highest BCUT2D eigenvalue weighted by Gasteiger charge is 2.15. The molecule has 0 radical (unpaired) electrons. The highest BCUT2D eigenvalue weighted by atomic mass is 19.1. The fraction of sp³-hybridized carbons (Fsp3) is 0.250. The van der Waals surface area contributed by atoms with E-state index in [1.165, 1.54) is 13.0 Å². The van der Waals surface area contributed by atoms with E-state index in [2.05, 4.69) is 6.92 Å². The summed E-state index contributed by atoms with van der Waals surface area (Å²) in [6.07, 6.45) is -0.00516. The molecular weight excluding hydrogens is 243 g/mol. The van der Waals surface area contributed by atoms with Crippen LogP contribution in [0, 0.1) is 5.82 Å². The number of hydrogen-bond acceptors (Lipinski definition) is 2. The maximum Gasteiger partial charge on any atom is 0.136 e. The lowest BCUT2D eigenvalue weighted by Crippen LogP contribution is -2.00. The number of ether oxygens (including phenoxy) is 1. The summed E-state index contributed by atoms with van der Waals surface area (Å²) < 4.78 is 19.4. The van der Waals surface area contributed by atoms with Crippen molar-refractivity contribution in [2.75, 3.05) is 0 Å². The topological polar surface area (TPSA) is 29.5 Å². The Hall–Kier alpha value is -1.87. The van der Waals surface area contributed by atoms with Crippen LogP contribution in [-0.4, -0.2) is 5.11 Å². The van der Waals surface area contributed by atoms with Crippen molar-refractivity contribution in [3.05, 3.63) is 59.4 Å². The Morgan fingerprint density at radius 3 is 2.63 bits per heavy atom. The molecule has 100 valence electrons. The van der Waals surface area contributed by atoms with Crippen LogP contribution in [0.5, 0.6) is 11.5 Å². The minimum atomic E-state index is -0.912. The van der Waals surface area contributed by atoms with Crippen molar-refractivity contribution in [3.63, 3.8) is 0 Å². The van der Waals surface area contributed by atoms with E-state index in [1.807, 2.05) is 24.3 Å². The summed E-state index contributed by atoms with van der Waals surface area (Å²) in [5, 5.41) is 9.64. The SMILES string of the molecule is CCc1cccc(Oc2cccc(F)c2[C@H](C)O)c1. The van der Waals surface area contributed by atoms with Crippen LogP contribution in [0.2, 0.25) is 0 Å². The van der Waals surface area contributed by atoms with Gasteiger partial charge in [0.25, 0.3) is 0 Å². The van der Waals surface area contributed by atoms with E-state index >= 15 is 0 Å². The monoisotopic (exact) mass is 260 g/mol. The van der Waals surface area contributed by atoms with Crippen molar-refractivity contribution < 1.29 is 14.2 Å².